The monoisotopic (exact) mass is 261 g/mol. The topological polar surface area (TPSA) is 51.0 Å². The van der Waals surface area contributed by atoms with Crippen LogP contribution in [0.4, 0.5) is 0 Å². The summed E-state index contributed by atoms with van der Waals surface area (Å²) in [4.78, 5) is 0. The normalized spacial score (nSPS) is 27.9. The number of rotatable bonds is 1. The van der Waals surface area contributed by atoms with E-state index in [1.54, 1.807) is 7.11 Å². The van der Waals surface area contributed by atoms with E-state index in [-0.39, 0.29) is 5.41 Å². The molecule has 19 heavy (non-hydrogen) atoms. The van der Waals surface area contributed by atoms with Crippen molar-refractivity contribution in [1.29, 1.82) is 0 Å². The molecule has 1 aliphatic heterocycles. The van der Waals surface area contributed by atoms with Crippen molar-refractivity contribution in [3.8, 4) is 11.5 Å². The van der Waals surface area contributed by atoms with Crippen LogP contribution in [0, 0.1) is 0 Å². The molecule has 0 radical (unpaired) electrons. The highest BCUT2D eigenvalue weighted by atomic mass is 16.5. The minimum atomic E-state index is -0.158. The van der Waals surface area contributed by atoms with E-state index in [2.05, 4.69) is 11.2 Å². The van der Waals surface area contributed by atoms with Gasteiger partial charge in [-0.2, -0.15) is 0 Å². The SMILES string of the molecule is COc1cccc2c1OCC[C@@]21CCCC/C1=N/O. The zero-order chi connectivity index (χ0) is 13.3. The summed E-state index contributed by atoms with van der Waals surface area (Å²) in [6.07, 6.45) is 5.03. The van der Waals surface area contributed by atoms with Crippen molar-refractivity contribution in [3.63, 3.8) is 0 Å². The molecule has 0 unspecified atom stereocenters. The lowest BCUT2D eigenvalue weighted by molar-refractivity contribution is 0.216. The van der Waals surface area contributed by atoms with E-state index >= 15 is 0 Å². The second-order valence-corrected chi connectivity index (χ2v) is 5.27. The van der Waals surface area contributed by atoms with Gasteiger partial charge in [-0.3, -0.25) is 0 Å². The number of oxime groups is 1. The van der Waals surface area contributed by atoms with Gasteiger partial charge in [-0.05, 0) is 31.7 Å². The lowest BCUT2D eigenvalue weighted by atomic mass is 9.65. The Balaban J connectivity index is 2.16. The van der Waals surface area contributed by atoms with E-state index in [0.29, 0.717) is 6.61 Å². The molecule has 1 aromatic rings. The number of benzene rings is 1. The molecule has 2 aliphatic rings. The fraction of sp³-hybridized carbons (Fsp3) is 0.533. The lowest BCUT2D eigenvalue weighted by Crippen LogP contribution is -2.42. The maximum absolute atomic E-state index is 9.38. The fourth-order valence-electron chi connectivity index (χ4n) is 3.47. The van der Waals surface area contributed by atoms with E-state index in [9.17, 15) is 5.21 Å². The Hall–Kier alpha value is -1.71. The summed E-state index contributed by atoms with van der Waals surface area (Å²) in [5.41, 5.74) is 1.86. The third-order valence-electron chi connectivity index (χ3n) is 4.43. The quantitative estimate of drug-likeness (QED) is 0.624. The first-order chi connectivity index (χ1) is 9.31. The molecule has 4 nitrogen and oxygen atoms in total. The third kappa shape index (κ3) is 1.78. The first-order valence-electron chi connectivity index (χ1n) is 6.83. The molecule has 1 spiro atoms. The smallest absolute Gasteiger partial charge is 0.165 e. The van der Waals surface area contributed by atoms with Crippen LogP contribution in [-0.2, 0) is 5.41 Å². The maximum Gasteiger partial charge on any atom is 0.165 e. The van der Waals surface area contributed by atoms with E-state index < -0.39 is 0 Å². The van der Waals surface area contributed by atoms with Gasteiger partial charge in [-0.15, -0.1) is 0 Å². The van der Waals surface area contributed by atoms with E-state index in [1.807, 2.05) is 12.1 Å². The van der Waals surface area contributed by atoms with Crippen LogP contribution >= 0.6 is 0 Å². The summed E-state index contributed by atoms with van der Waals surface area (Å²) >= 11 is 0. The van der Waals surface area contributed by atoms with E-state index in [4.69, 9.17) is 9.47 Å². The minimum Gasteiger partial charge on any atom is -0.493 e. The number of para-hydroxylation sites is 1. The predicted octanol–water partition coefficient (Wildman–Crippen LogP) is 3.12. The number of hydrogen-bond acceptors (Lipinski definition) is 4. The maximum atomic E-state index is 9.38. The summed E-state index contributed by atoms with van der Waals surface area (Å²) in [7, 11) is 1.65. The largest absolute Gasteiger partial charge is 0.493 e. The molecular weight excluding hydrogens is 242 g/mol. The van der Waals surface area contributed by atoms with Gasteiger partial charge in [0, 0.05) is 11.0 Å². The van der Waals surface area contributed by atoms with Crippen LogP contribution in [0.3, 0.4) is 0 Å². The van der Waals surface area contributed by atoms with Crippen LogP contribution in [0.2, 0.25) is 0 Å². The zero-order valence-electron chi connectivity index (χ0n) is 11.2. The number of nitrogens with zero attached hydrogens (tertiary/aromatic N) is 1. The lowest BCUT2D eigenvalue weighted by Gasteiger charge is -2.42. The third-order valence-corrected chi connectivity index (χ3v) is 4.43. The molecule has 1 fully saturated rings. The van der Waals surface area contributed by atoms with Gasteiger partial charge >= 0.3 is 0 Å². The van der Waals surface area contributed by atoms with Crippen molar-refractivity contribution >= 4 is 5.71 Å². The number of fused-ring (bicyclic) bond motifs is 2. The molecule has 1 atom stereocenters. The zero-order valence-corrected chi connectivity index (χ0v) is 11.2. The second kappa shape index (κ2) is 4.76. The van der Waals surface area contributed by atoms with Crippen LogP contribution in [0.1, 0.15) is 37.7 Å². The van der Waals surface area contributed by atoms with Gasteiger partial charge in [0.15, 0.2) is 11.5 Å². The van der Waals surface area contributed by atoms with Gasteiger partial charge in [0.05, 0.1) is 19.4 Å². The van der Waals surface area contributed by atoms with Crippen molar-refractivity contribution in [1.82, 2.24) is 0 Å². The first-order valence-corrected chi connectivity index (χ1v) is 6.83. The van der Waals surface area contributed by atoms with Crippen LogP contribution < -0.4 is 9.47 Å². The number of methoxy groups -OCH3 is 1. The predicted molar refractivity (Wildman–Crippen MR) is 72.5 cm³/mol. The van der Waals surface area contributed by atoms with Gasteiger partial charge in [0.25, 0.3) is 0 Å². The Bertz CT molecular complexity index is 512. The molecule has 0 amide bonds. The summed E-state index contributed by atoms with van der Waals surface area (Å²) < 4.78 is 11.2. The van der Waals surface area contributed by atoms with Crippen molar-refractivity contribution in [2.24, 2.45) is 5.16 Å². The summed E-state index contributed by atoms with van der Waals surface area (Å²) in [5.74, 6) is 1.58. The molecule has 0 saturated heterocycles. The summed E-state index contributed by atoms with van der Waals surface area (Å²) in [6.45, 7) is 0.645. The van der Waals surface area contributed by atoms with Gasteiger partial charge in [-0.25, -0.2) is 0 Å². The van der Waals surface area contributed by atoms with Gasteiger partial charge in [-0.1, -0.05) is 23.7 Å². The van der Waals surface area contributed by atoms with Gasteiger partial charge < -0.3 is 14.7 Å². The van der Waals surface area contributed by atoms with Gasteiger partial charge in [0.2, 0.25) is 0 Å². The Labute approximate surface area is 113 Å². The van der Waals surface area contributed by atoms with E-state index in [1.165, 1.54) is 0 Å². The van der Waals surface area contributed by atoms with Crippen LogP contribution in [0.5, 0.6) is 11.5 Å². The van der Waals surface area contributed by atoms with Crippen molar-refractivity contribution in [2.45, 2.75) is 37.5 Å². The molecule has 4 heteroatoms. The summed E-state index contributed by atoms with van der Waals surface area (Å²) in [5, 5.41) is 13.0. The Morgan fingerprint density at radius 2 is 2.21 bits per heavy atom. The molecule has 102 valence electrons. The molecule has 1 aromatic carbocycles. The standard InChI is InChI=1S/C15H19NO3/c1-18-12-6-4-5-11-14(12)19-10-9-15(11)8-3-2-7-13(15)16-17/h4-6,17H,2-3,7-10H2,1H3/b16-13-/t15-/m0/s1. The highest BCUT2D eigenvalue weighted by Crippen LogP contribution is 2.49. The average Bonchev–Trinajstić information content (AvgIpc) is 2.48. The number of hydrogen-bond donors (Lipinski definition) is 1. The second-order valence-electron chi connectivity index (χ2n) is 5.27. The Morgan fingerprint density at radius 3 is 3.00 bits per heavy atom. The Kier molecular flexibility index (Phi) is 3.09. The molecule has 0 aromatic heterocycles. The van der Waals surface area contributed by atoms with E-state index in [0.717, 1.165) is 54.9 Å². The molecular formula is C15H19NO3. The van der Waals surface area contributed by atoms with Crippen molar-refractivity contribution < 1.29 is 14.7 Å². The molecule has 1 heterocycles. The summed E-state index contributed by atoms with van der Waals surface area (Å²) in [6, 6.07) is 5.97. The minimum absolute atomic E-state index is 0.158. The van der Waals surface area contributed by atoms with Crippen molar-refractivity contribution in [2.75, 3.05) is 13.7 Å². The van der Waals surface area contributed by atoms with Crippen LogP contribution in [0.25, 0.3) is 0 Å². The molecule has 1 N–H and O–H groups in total. The highest BCUT2D eigenvalue weighted by Gasteiger charge is 2.44. The fourth-order valence-corrected chi connectivity index (χ4v) is 3.47. The molecule has 1 aliphatic carbocycles. The number of ether oxygens (including phenoxy) is 2. The molecule has 0 bridgehead atoms. The van der Waals surface area contributed by atoms with Crippen molar-refractivity contribution in [3.05, 3.63) is 23.8 Å². The Morgan fingerprint density at radius 1 is 1.32 bits per heavy atom. The molecule has 1 saturated carbocycles. The highest BCUT2D eigenvalue weighted by molar-refractivity contribution is 5.96. The molecule has 3 rings (SSSR count). The van der Waals surface area contributed by atoms with Gasteiger partial charge in [0.1, 0.15) is 0 Å². The average molecular weight is 261 g/mol. The van der Waals surface area contributed by atoms with Crippen LogP contribution in [-0.4, -0.2) is 24.6 Å². The first kappa shape index (κ1) is 12.3. The van der Waals surface area contributed by atoms with Crippen LogP contribution in [0.15, 0.2) is 23.4 Å².